The second kappa shape index (κ2) is 10.1. The van der Waals surface area contributed by atoms with E-state index in [2.05, 4.69) is 6.92 Å². The molecule has 0 aromatic heterocycles. The molecule has 0 saturated carbocycles. The van der Waals surface area contributed by atoms with E-state index in [-0.39, 0.29) is 43.7 Å². The first-order valence-corrected chi connectivity index (χ1v) is 5.58. The molecule has 0 fully saturated rings. The Kier molecular flexibility index (Phi) is 10.1. The van der Waals surface area contributed by atoms with Gasteiger partial charge in [-0.1, -0.05) is 44.4 Å². The van der Waals surface area contributed by atoms with E-state index in [1.807, 2.05) is 18.2 Å². The Labute approximate surface area is 127 Å². The molecule has 1 aromatic carbocycles. The third-order valence-electron chi connectivity index (χ3n) is 2.21. The number of esters is 1. The Morgan fingerprint density at radius 2 is 1.81 bits per heavy atom. The summed E-state index contributed by atoms with van der Waals surface area (Å²) in [4.78, 5) is 11.4. The predicted octanol–water partition coefficient (Wildman–Crippen LogP) is 2.65. The third kappa shape index (κ3) is 7.26. The average molecular weight is 248 g/mol. The number of carbonyl (C=O) groups is 1. The molecular formula is C13H20CaO2. The van der Waals surface area contributed by atoms with Crippen molar-refractivity contribution in [1.29, 1.82) is 0 Å². The minimum absolute atomic E-state index is 0. The quantitative estimate of drug-likeness (QED) is 0.335. The van der Waals surface area contributed by atoms with E-state index in [0.717, 1.165) is 12.8 Å². The second-order valence-electron chi connectivity index (χ2n) is 3.60. The Hall–Kier alpha value is -0.0503. The van der Waals surface area contributed by atoms with Crippen LogP contribution in [0.2, 0.25) is 0 Å². The molecule has 16 heavy (non-hydrogen) atoms. The summed E-state index contributed by atoms with van der Waals surface area (Å²) in [6.07, 6.45) is 4.95. The van der Waals surface area contributed by atoms with Crippen LogP contribution in [-0.4, -0.2) is 43.7 Å². The first-order valence-electron chi connectivity index (χ1n) is 5.58. The number of para-hydroxylation sites is 1. The van der Waals surface area contributed by atoms with Crippen LogP contribution in [0.3, 0.4) is 0 Å². The molecule has 0 bridgehead atoms. The monoisotopic (exact) mass is 248 g/mol. The van der Waals surface area contributed by atoms with E-state index in [1.54, 1.807) is 12.1 Å². The van der Waals surface area contributed by atoms with Crippen molar-refractivity contribution in [2.45, 2.75) is 39.0 Å². The molecule has 0 unspecified atom stereocenters. The SMILES string of the molecule is CCCCCCC(=O)Oc1ccccc1.[CaH2]. The van der Waals surface area contributed by atoms with Crippen LogP contribution in [0.15, 0.2) is 30.3 Å². The summed E-state index contributed by atoms with van der Waals surface area (Å²) in [5.74, 6) is 0.510. The topological polar surface area (TPSA) is 26.3 Å². The molecule has 1 aromatic rings. The van der Waals surface area contributed by atoms with Gasteiger partial charge in [0.05, 0.1) is 0 Å². The van der Waals surface area contributed by atoms with E-state index >= 15 is 0 Å². The van der Waals surface area contributed by atoms with Gasteiger partial charge in [-0.25, -0.2) is 0 Å². The van der Waals surface area contributed by atoms with Crippen molar-refractivity contribution in [3.63, 3.8) is 0 Å². The minimum atomic E-state index is -0.127. The van der Waals surface area contributed by atoms with Crippen LogP contribution >= 0.6 is 0 Å². The molecule has 0 heterocycles. The zero-order valence-electron chi connectivity index (χ0n) is 9.24. The van der Waals surface area contributed by atoms with Gasteiger partial charge in [0.2, 0.25) is 0 Å². The number of hydrogen-bond acceptors (Lipinski definition) is 2. The van der Waals surface area contributed by atoms with E-state index in [0.29, 0.717) is 12.2 Å². The fourth-order valence-corrected chi connectivity index (χ4v) is 1.37. The number of benzene rings is 1. The number of rotatable bonds is 6. The number of carbonyl (C=O) groups excluding carboxylic acids is 1. The van der Waals surface area contributed by atoms with Crippen molar-refractivity contribution in [3.8, 4) is 5.75 Å². The van der Waals surface area contributed by atoms with Gasteiger partial charge in [-0.15, -0.1) is 0 Å². The van der Waals surface area contributed by atoms with Gasteiger partial charge in [-0.3, -0.25) is 4.79 Å². The van der Waals surface area contributed by atoms with Gasteiger partial charge in [0, 0.05) is 6.42 Å². The van der Waals surface area contributed by atoms with Crippen LogP contribution in [0.25, 0.3) is 0 Å². The van der Waals surface area contributed by atoms with Crippen molar-refractivity contribution >= 4 is 43.7 Å². The van der Waals surface area contributed by atoms with Gasteiger partial charge in [0.1, 0.15) is 5.75 Å². The van der Waals surface area contributed by atoms with Crippen LogP contribution in [0, 0.1) is 0 Å². The summed E-state index contributed by atoms with van der Waals surface area (Å²) in [5, 5.41) is 0. The Morgan fingerprint density at radius 1 is 1.12 bits per heavy atom. The summed E-state index contributed by atoms with van der Waals surface area (Å²) in [6.45, 7) is 2.16. The molecule has 0 radical (unpaired) electrons. The van der Waals surface area contributed by atoms with Crippen molar-refractivity contribution in [2.24, 2.45) is 0 Å². The Morgan fingerprint density at radius 3 is 2.44 bits per heavy atom. The molecule has 1 rings (SSSR count). The van der Waals surface area contributed by atoms with Crippen LogP contribution in [0.1, 0.15) is 39.0 Å². The molecule has 0 aliphatic carbocycles. The molecule has 0 N–H and O–H groups in total. The third-order valence-corrected chi connectivity index (χ3v) is 2.21. The van der Waals surface area contributed by atoms with Gasteiger partial charge < -0.3 is 4.74 Å². The first kappa shape index (κ1) is 15.9. The molecule has 0 aliphatic rings. The fourth-order valence-electron chi connectivity index (χ4n) is 1.37. The van der Waals surface area contributed by atoms with E-state index in [4.69, 9.17) is 4.74 Å². The predicted molar refractivity (Wildman–Crippen MR) is 69.4 cm³/mol. The molecule has 86 valence electrons. The van der Waals surface area contributed by atoms with Crippen molar-refractivity contribution in [3.05, 3.63) is 30.3 Å². The maximum atomic E-state index is 11.4. The zero-order valence-corrected chi connectivity index (χ0v) is 9.24. The molecular weight excluding hydrogens is 228 g/mol. The molecule has 0 amide bonds. The van der Waals surface area contributed by atoms with Crippen LogP contribution in [0.4, 0.5) is 0 Å². The summed E-state index contributed by atoms with van der Waals surface area (Å²) < 4.78 is 5.16. The molecule has 0 saturated heterocycles. The number of ether oxygens (including phenoxy) is 1. The van der Waals surface area contributed by atoms with Gasteiger partial charge >= 0.3 is 43.7 Å². The van der Waals surface area contributed by atoms with Crippen molar-refractivity contribution in [2.75, 3.05) is 0 Å². The number of unbranched alkanes of at least 4 members (excludes halogenated alkanes) is 3. The van der Waals surface area contributed by atoms with E-state index in [1.165, 1.54) is 12.8 Å². The molecule has 3 heteroatoms. The fraction of sp³-hybridized carbons (Fsp3) is 0.462. The van der Waals surface area contributed by atoms with Crippen LogP contribution in [-0.2, 0) is 4.79 Å². The molecule has 0 atom stereocenters. The van der Waals surface area contributed by atoms with Gasteiger partial charge in [0.25, 0.3) is 0 Å². The summed E-state index contributed by atoms with van der Waals surface area (Å²) in [5.41, 5.74) is 0. The van der Waals surface area contributed by atoms with Crippen molar-refractivity contribution < 1.29 is 9.53 Å². The van der Waals surface area contributed by atoms with Crippen LogP contribution < -0.4 is 4.74 Å². The standard InChI is InChI=1S/C13H18O2.Ca.2H/c1-2-3-4-8-11-13(14)15-12-9-6-5-7-10-12;;;/h5-7,9-10H,2-4,8,11H2,1H3;;;. The average Bonchev–Trinajstić information content (AvgIpc) is 2.26. The molecule has 0 spiro atoms. The number of hydrogen-bond donors (Lipinski definition) is 0. The Bertz CT molecular complexity index is 285. The maximum absolute atomic E-state index is 11.4. The molecule has 2 nitrogen and oxygen atoms in total. The Balaban J connectivity index is 0.00000225. The molecule has 0 aliphatic heterocycles. The second-order valence-corrected chi connectivity index (χ2v) is 3.60. The summed E-state index contributed by atoms with van der Waals surface area (Å²) in [7, 11) is 0. The summed E-state index contributed by atoms with van der Waals surface area (Å²) in [6, 6.07) is 9.21. The zero-order chi connectivity index (χ0) is 10.9. The summed E-state index contributed by atoms with van der Waals surface area (Å²) >= 11 is 0. The van der Waals surface area contributed by atoms with Crippen LogP contribution in [0.5, 0.6) is 5.75 Å². The van der Waals surface area contributed by atoms with E-state index < -0.39 is 0 Å². The van der Waals surface area contributed by atoms with Crippen molar-refractivity contribution in [1.82, 2.24) is 0 Å². The van der Waals surface area contributed by atoms with Gasteiger partial charge in [-0.2, -0.15) is 0 Å². The normalized spacial score (nSPS) is 9.31. The van der Waals surface area contributed by atoms with Gasteiger partial charge in [0.15, 0.2) is 0 Å². The van der Waals surface area contributed by atoms with Gasteiger partial charge in [-0.05, 0) is 18.6 Å². The van der Waals surface area contributed by atoms with E-state index in [9.17, 15) is 4.79 Å². The first-order chi connectivity index (χ1) is 7.33.